The predicted octanol–water partition coefficient (Wildman–Crippen LogP) is 2.93. The molecule has 0 saturated carbocycles. The molecule has 24 heavy (non-hydrogen) atoms. The van der Waals surface area contributed by atoms with Crippen LogP contribution in [0.3, 0.4) is 0 Å². The highest BCUT2D eigenvalue weighted by Crippen LogP contribution is 2.19. The fourth-order valence-corrected chi connectivity index (χ4v) is 2.66. The Bertz CT molecular complexity index is 617. The third-order valence-corrected chi connectivity index (χ3v) is 3.91. The number of aromatic amines is 1. The minimum absolute atomic E-state index is 0.0392. The molecule has 6 heteroatoms. The Labute approximate surface area is 143 Å². The van der Waals surface area contributed by atoms with E-state index in [1.54, 1.807) is 13.8 Å². The summed E-state index contributed by atoms with van der Waals surface area (Å²) in [5, 5.41) is 2.81. The number of hydrogen-bond donors (Lipinski definition) is 2. The number of carbonyl (C=O) groups is 3. The molecule has 0 aliphatic rings. The van der Waals surface area contributed by atoms with Crippen LogP contribution in [0.1, 0.15) is 72.6 Å². The van der Waals surface area contributed by atoms with Gasteiger partial charge in [0.1, 0.15) is 5.69 Å². The lowest BCUT2D eigenvalue weighted by Gasteiger charge is -2.15. The number of nitrogens with one attached hydrogen (secondary N) is 2. The molecule has 1 amide bonds. The van der Waals surface area contributed by atoms with E-state index in [9.17, 15) is 14.4 Å². The van der Waals surface area contributed by atoms with Gasteiger partial charge in [0.2, 0.25) is 0 Å². The van der Waals surface area contributed by atoms with E-state index < -0.39 is 5.97 Å². The van der Waals surface area contributed by atoms with E-state index in [0.29, 0.717) is 22.7 Å². The van der Waals surface area contributed by atoms with Crippen LogP contribution in [0, 0.1) is 19.8 Å². The molecule has 1 rings (SSSR count). The van der Waals surface area contributed by atoms with Gasteiger partial charge in [-0.05, 0) is 52.0 Å². The van der Waals surface area contributed by atoms with Crippen molar-refractivity contribution in [1.29, 1.82) is 0 Å². The van der Waals surface area contributed by atoms with E-state index in [4.69, 9.17) is 4.74 Å². The summed E-state index contributed by atoms with van der Waals surface area (Å²) >= 11 is 0. The number of aryl methyl sites for hydroxylation is 1. The molecule has 0 saturated heterocycles. The van der Waals surface area contributed by atoms with Crippen molar-refractivity contribution in [1.82, 2.24) is 10.3 Å². The van der Waals surface area contributed by atoms with Crippen LogP contribution >= 0.6 is 0 Å². The fourth-order valence-electron chi connectivity index (χ4n) is 2.66. The maximum absolute atomic E-state index is 12.1. The highest BCUT2D eigenvalue weighted by atomic mass is 16.5. The average Bonchev–Trinajstić information content (AvgIpc) is 2.77. The molecule has 2 N–H and O–H groups in total. The van der Waals surface area contributed by atoms with Crippen molar-refractivity contribution in [3.63, 3.8) is 0 Å². The van der Waals surface area contributed by atoms with Crippen molar-refractivity contribution >= 4 is 17.7 Å². The number of hydrogen-bond acceptors (Lipinski definition) is 4. The minimum Gasteiger partial charge on any atom is -0.451 e. The number of ether oxygens (including phenoxy) is 1. The maximum atomic E-state index is 12.1. The van der Waals surface area contributed by atoms with Crippen molar-refractivity contribution in [3.05, 3.63) is 22.5 Å². The van der Waals surface area contributed by atoms with E-state index in [2.05, 4.69) is 24.1 Å². The first-order chi connectivity index (χ1) is 11.1. The van der Waals surface area contributed by atoms with Crippen LogP contribution in [0.2, 0.25) is 0 Å². The Kier molecular flexibility index (Phi) is 7.19. The van der Waals surface area contributed by atoms with Gasteiger partial charge >= 0.3 is 5.97 Å². The molecule has 1 unspecified atom stereocenters. The van der Waals surface area contributed by atoms with Gasteiger partial charge in [0.25, 0.3) is 5.91 Å². The Hall–Kier alpha value is -2.11. The van der Waals surface area contributed by atoms with E-state index in [0.717, 1.165) is 12.8 Å². The summed E-state index contributed by atoms with van der Waals surface area (Å²) in [5.74, 6) is -0.492. The van der Waals surface area contributed by atoms with Crippen LogP contribution in [-0.4, -0.2) is 35.3 Å². The number of aromatic nitrogens is 1. The van der Waals surface area contributed by atoms with Crippen molar-refractivity contribution in [3.8, 4) is 0 Å². The van der Waals surface area contributed by atoms with Crippen LogP contribution < -0.4 is 5.32 Å². The predicted molar refractivity (Wildman–Crippen MR) is 92.2 cm³/mol. The van der Waals surface area contributed by atoms with E-state index in [1.807, 2.05) is 6.92 Å². The zero-order valence-electron chi connectivity index (χ0n) is 15.4. The van der Waals surface area contributed by atoms with Crippen LogP contribution in [0.25, 0.3) is 0 Å². The smallest absolute Gasteiger partial charge is 0.355 e. The first kappa shape index (κ1) is 19.9. The maximum Gasteiger partial charge on any atom is 0.355 e. The highest BCUT2D eigenvalue weighted by molar-refractivity contribution is 6.01. The molecule has 0 fully saturated rings. The highest BCUT2D eigenvalue weighted by Gasteiger charge is 2.21. The number of esters is 1. The number of amides is 1. The second kappa shape index (κ2) is 8.66. The lowest BCUT2D eigenvalue weighted by molar-refractivity contribution is -0.124. The standard InChI is InChI=1S/C18H28N2O4/c1-10(2)7-8-11(3)19-15(22)9-24-18(23)17-12(4)16(14(6)21)13(5)20-17/h10-11,20H,7-9H2,1-6H3,(H,19,22). The number of H-pyrrole nitrogens is 1. The molecule has 0 aromatic carbocycles. The van der Waals surface area contributed by atoms with Gasteiger partial charge in [-0.2, -0.15) is 0 Å². The molecule has 1 heterocycles. The summed E-state index contributed by atoms with van der Waals surface area (Å²) in [7, 11) is 0. The Balaban J connectivity index is 2.56. The van der Waals surface area contributed by atoms with E-state index >= 15 is 0 Å². The van der Waals surface area contributed by atoms with Crippen LogP contribution in [0.15, 0.2) is 0 Å². The average molecular weight is 336 g/mol. The molecule has 6 nitrogen and oxygen atoms in total. The molecule has 134 valence electrons. The number of Topliss-reactive ketones (excluding diaryl/α,β-unsaturated/α-hetero) is 1. The Morgan fingerprint density at radius 3 is 2.25 bits per heavy atom. The lowest BCUT2D eigenvalue weighted by atomic mass is 10.0. The molecular formula is C18H28N2O4. The molecule has 0 aliphatic carbocycles. The van der Waals surface area contributed by atoms with Crippen molar-refractivity contribution in [2.45, 2.75) is 60.4 Å². The third-order valence-electron chi connectivity index (χ3n) is 3.91. The van der Waals surface area contributed by atoms with Gasteiger partial charge in [0.15, 0.2) is 12.4 Å². The van der Waals surface area contributed by atoms with Crippen molar-refractivity contribution in [2.24, 2.45) is 5.92 Å². The lowest BCUT2D eigenvalue weighted by Crippen LogP contribution is -2.36. The molecule has 0 radical (unpaired) electrons. The third kappa shape index (κ3) is 5.51. The minimum atomic E-state index is -0.631. The fraction of sp³-hybridized carbons (Fsp3) is 0.611. The van der Waals surface area contributed by atoms with E-state index in [1.165, 1.54) is 6.92 Å². The molecule has 0 bridgehead atoms. The second-order valence-corrected chi connectivity index (χ2v) is 6.70. The SMILES string of the molecule is CC(=O)c1c(C)[nH]c(C(=O)OCC(=O)NC(C)CCC(C)C)c1C. The molecule has 1 aromatic heterocycles. The second-order valence-electron chi connectivity index (χ2n) is 6.70. The first-order valence-electron chi connectivity index (χ1n) is 8.30. The summed E-state index contributed by atoms with van der Waals surface area (Å²) in [6.07, 6.45) is 1.91. The van der Waals surface area contributed by atoms with Gasteiger partial charge in [-0.3, -0.25) is 9.59 Å². The molecule has 1 atom stereocenters. The molecule has 0 spiro atoms. The van der Waals surface area contributed by atoms with Crippen LogP contribution in [0.4, 0.5) is 0 Å². The summed E-state index contributed by atoms with van der Waals surface area (Å²) in [6, 6.07) is 0.0392. The molecule has 1 aromatic rings. The first-order valence-corrected chi connectivity index (χ1v) is 8.30. The quantitative estimate of drug-likeness (QED) is 0.564. The van der Waals surface area contributed by atoms with Crippen LogP contribution in [-0.2, 0) is 9.53 Å². The van der Waals surface area contributed by atoms with Gasteiger partial charge in [0, 0.05) is 17.3 Å². The summed E-state index contributed by atoms with van der Waals surface area (Å²) in [5.41, 5.74) is 1.89. The Morgan fingerprint density at radius 2 is 1.75 bits per heavy atom. The van der Waals surface area contributed by atoms with Gasteiger partial charge in [-0.25, -0.2) is 4.79 Å². The van der Waals surface area contributed by atoms with Gasteiger partial charge in [-0.15, -0.1) is 0 Å². The monoisotopic (exact) mass is 336 g/mol. The zero-order valence-corrected chi connectivity index (χ0v) is 15.4. The van der Waals surface area contributed by atoms with Gasteiger partial charge < -0.3 is 15.0 Å². The summed E-state index contributed by atoms with van der Waals surface area (Å²) in [4.78, 5) is 38.4. The van der Waals surface area contributed by atoms with Crippen molar-refractivity contribution < 1.29 is 19.1 Å². The summed E-state index contributed by atoms with van der Waals surface area (Å²) < 4.78 is 5.05. The Morgan fingerprint density at radius 1 is 1.12 bits per heavy atom. The molecule has 0 aliphatic heterocycles. The van der Waals surface area contributed by atoms with Crippen molar-refractivity contribution in [2.75, 3.05) is 6.61 Å². The zero-order chi connectivity index (χ0) is 18.4. The van der Waals surface area contributed by atoms with Crippen LogP contribution in [0.5, 0.6) is 0 Å². The number of ketones is 1. The molecular weight excluding hydrogens is 308 g/mol. The topological polar surface area (TPSA) is 88.3 Å². The largest absolute Gasteiger partial charge is 0.451 e. The number of carbonyl (C=O) groups excluding carboxylic acids is 3. The number of rotatable bonds is 8. The van der Waals surface area contributed by atoms with Gasteiger partial charge in [0.05, 0.1) is 0 Å². The van der Waals surface area contributed by atoms with E-state index in [-0.39, 0.29) is 30.0 Å². The normalized spacial score (nSPS) is 12.1. The van der Waals surface area contributed by atoms with Gasteiger partial charge in [-0.1, -0.05) is 13.8 Å². The summed E-state index contributed by atoms with van der Waals surface area (Å²) in [6.45, 7) is 10.7.